The van der Waals surface area contributed by atoms with E-state index in [4.69, 9.17) is 23.2 Å². The molecule has 2 aromatic heterocycles. The van der Waals surface area contributed by atoms with E-state index < -0.39 is 0 Å². The summed E-state index contributed by atoms with van der Waals surface area (Å²) >= 11 is 11.9. The van der Waals surface area contributed by atoms with Gasteiger partial charge in [-0.3, -0.25) is 14.2 Å². The number of aromatic nitrogens is 4. The molecule has 0 fully saturated rings. The van der Waals surface area contributed by atoms with Crippen LogP contribution in [0.25, 0.3) is 11.2 Å². The SMILES string of the molecule is O=CNCCn1c(=O)cnc2cnc(NCc3ccc(Cl)c(Cl)c3)nc21. The lowest BCUT2D eigenvalue weighted by molar-refractivity contribution is -0.109. The summed E-state index contributed by atoms with van der Waals surface area (Å²) < 4.78 is 1.44. The van der Waals surface area contributed by atoms with E-state index >= 15 is 0 Å². The van der Waals surface area contributed by atoms with E-state index in [0.29, 0.717) is 46.7 Å². The number of amides is 1. The number of carbonyl (C=O) groups is 1. The van der Waals surface area contributed by atoms with E-state index in [9.17, 15) is 9.59 Å². The standard InChI is InChI=1S/C16H14Cl2N6O2/c17-11-2-1-10(5-12(11)18)6-21-16-22-7-13-15(23-16)24(4-3-19-9-25)14(26)8-20-13/h1-2,5,7-9H,3-4,6H2,(H,19,25)(H,21,22,23). The Balaban J connectivity index is 1.84. The van der Waals surface area contributed by atoms with E-state index in [2.05, 4.69) is 25.6 Å². The molecule has 2 heterocycles. The van der Waals surface area contributed by atoms with Gasteiger partial charge in [0.05, 0.1) is 22.4 Å². The van der Waals surface area contributed by atoms with Gasteiger partial charge in [-0.05, 0) is 17.7 Å². The summed E-state index contributed by atoms with van der Waals surface area (Å²) in [7, 11) is 0. The van der Waals surface area contributed by atoms with Crippen LogP contribution in [0.15, 0.2) is 35.4 Å². The van der Waals surface area contributed by atoms with E-state index in [1.165, 1.54) is 17.0 Å². The monoisotopic (exact) mass is 392 g/mol. The predicted octanol–water partition coefficient (Wildman–Crippen LogP) is 1.85. The van der Waals surface area contributed by atoms with E-state index in [0.717, 1.165) is 5.56 Å². The zero-order valence-electron chi connectivity index (χ0n) is 13.4. The largest absolute Gasteiger partial charge is 0.357 e. The third-order valence-corrected chi connectivity index (χ3v) is 4.32. The second-order valence-corrected chi connectivity index (χ2v) is 6.14. The van der Waals surface area contributed by atoms with Crippen molar-refractivity contribution < 1.29 is 4.79 Å². The molecule has 26 heavy (non-hydrogen) atoms. The first-order valence-corrected chi connectivity index (χ1v) is 8.41. The maximum atomic E-state index is 12.1. The van der Waals surface area contributed by atoms with Crippen LogP contribution in [0.4, 0.5) is 5.95 Å². The van der Waals surface area contributed by atoms with Gasteiger partial charge in [0.15, 0.2) is 5.65 Å². The molecular formula is C16H14Cl2N6O2. The first-order valence-electron chi connectivity index (χ1n) is 7.66. The molecule has 0 spiro atoms. The van der Waals surface area contributed by atoms with Gasteiger partial charge in [-0.25, -0.2) is 9.97 Å². The molecule has 0 radical (unpaired) electrons. The zero-order chi connectivity index (χ0) is 18.5. The topological polar surface area (TPSA) is 102 Å². The molecule has 0 bridgehead atoms. The number of fused-ring (bicyclic) bond motifs is 1. The lowest BCUT2D eigenvalue weighted by Gasteiger charge is -2.10. The normalized spacial score (nSPS) is 10.7. The number of halogens is 2. The van der Waals surface area contributed by atoms with Crippen molar-refractivity contribution in [1.82, 2.24) is 24.8 Å². The van der Waals surface area contributed by atoms with Crippen molar-refractivity contribution in [2.75, 3.05) is 11.9 Å². The summed E-state index contributed by atoms with van der Waals surface area (Å²) in [5, 5.41) is 6.54. The number of hydrogen-bond donors (Lipinski definition) is 2. The number of anilines is 1. The lowest BCUT2D eigenvalue weighted by atomic mass is 10.2. The first-order chi connectivity index (χ1) is 12.6. The summed E-state index contributed by atoms with van der Waals surface area (Å²) in [5.41, 5.74) is 1.47. The van der Waals surface area contributed by atoms with Gasteiger partial charge in [0, 0.05) is 19.6 Å². The highest BCUT2D eigenvalue weighted by atomic mass is 35.5. The molecule has 0 saturated carbocycles. The number of nitrogens with one attached hydrogen (secondary N) is 2. The highest BCUT2D eigenvalue weighted by Crippen LogP contribution is 2.22. The van der Waals surface area contributed by atoms with Crippen molar-refractivity contribution in [1.29, 1.82) is 0 Å². The third-order valence-electron chi connectivity index (χ3n) is 3.58. The third kappa shape index (κ3) is 4.09. The number of rotatable bonds is 7. The molecule has 10 heteroatoms. The summed E-state index contributed by atoms with van der Waals surface area (Å²) in [6.07, 6.45) is 3.31. The Morgan fingerprint density at radius 1 is 1.15 bits per heavy atom. The van der Waals surface area contributed by atoms with Gasteiger partial charge >= 0.3 is 0 Å². The fourth-order valence-corrected chi connectivity index (χ4v) is 2.64. The van der Waals surface area contributed by atoms with Gasteiger partial charge in [0.25, 0.3) is 5.56 Å². The molecule has 1 aromatic carbocycles. The van der Waals surface area contributed by atoms with Crippen molar-refractivity contribution in [3.63, 3.8) is 0 Å². The molecule has 0 atom stereocenters. The van der Waals surface area contributed by atoms with Crippen molar-refractivity contribution >= 4 is 46.7 Å². The molecule has 0 saturated heterocycles. The summed E-state index contributed by atoms with van der Waals surface area (Å²) in [5.74, 6) is 0.341. The number of benzene rings is 1. The van der Waals surface area contributed by atoms with Gasteiger partial charge in [-0.15, -0.1) is 0 Å². The van der Waals surface area contributed by atoms with Crippen LogP contribution in [0.5, 0.6) is 0 Å². The Morgan fingerprint density at radius 3 is 2.77 bits per heavy atom. The number of hydrogen-bond acceptors (Lipinski definition) is 6. The molecule has 0 aliphatic heterocycles. The average molecular weight is 393 g/mol. The molecule has 1 amide bonds. The smallest absolute Gasteiger partial charge is 0.270 e. The first kappa shape index (κ1) is 18.1. The molecule has 0 unspecified atom stereocenters. The van der Waals surface area contributed by atoms with Crippen LogP contribution in [0.1, 0.15) is 5.56 Å². The van der Waals surface area contributed by atoms with E-state index in [-0.39, 0.29) is 12.1 Å². The molecular weight excluding hydrogens is 379 g/mol. The molecule has 3 rings (SSSR count). The number of nitrogens with zero attached hydrogens (tertiary/aromatic N) is 4. The number of carbonyl (C=O) groups excluding carboxylic acids is 1. The van der Waals surface area contributed by atoms with E-state index in [1.807, 2.05) is 6.07 Å². The lowest BCUT2D eigenvalue weighted by Crippen LogP contribution is -2.27. The molecule has 0 aliphatic rings. The van der Waals surface area contributed by atoms with Crippen LogP contribution in [-0.4, -0.2) is 32.5 Å². The molecule has 8 nitrogen and oxygen atoms in total. The van der Waals surface area contributed by atoms with Crippen LogP contribution in [0.3, 0.4) is 0 Å². The zero-order valence-corrected chi connectivity index (χ0v) is 15.0. The Labute approximate surface area is 158 Å². The van der Waals surface area contributed by atoms with Crippen LogP contribution >= 0.6 is 23.2 Å². The summed E-state index contributed by atoms with van der Waals surface area (Å²) in [6.45, 7) is 1.01. The maximum Gasteiger partial charge on any atom is 0.270 e. The second-order valence-electron chi connectivity index (χ2n) is 5.32. The summed E-state index contributed by atoms with van der Waals surface area (Å²) in [6, 6.07) is 5.30. The second kappa shape index (κ2) is 8.11. The van der Waals surface area contributed by atoms with Gasteiger partial charge in [-0.1, -0.05) is 29.3 Å². The predicted molar refractivity (Wildman–Crippen MR) is 99.4 cm³/mol. The Morgan fingerprint density at radius 2 is 2.00 bits per heavy atom. The van der Waals surface area contributed by atoms with Gasteiger partial charge in [0.1, 0.15) is 5.52 Å². The van der Waals surface area contributed by atoms with E-state index in [1.54, 1.807) is 12.1 Å². The molecule has 0 aliphatic carbocycles. The molecule has 2 N–H and O–H groups in total. The average Bonchev–Trinajstić information content (AvgIpc) is 2.64. The van der Waals surface area contributed by atoms with Crippen LogP contribution in [0.2, 0.25) is 10.0 Å². The Kier molecular flexibility index (Phi) is 5.65. The van der Waals surface area contributed by atoms with Crippen molar-refractivity contribution in [3.8, 4) is 0 Å². The fourth-order valence-electron chi connectivity index (χ4n) is 2.32. The Bertz CT molecular complexity index is 1010. The highest BCUT2D eigenvalue weighted by molar-refractivity contribution is 6.42. The van der Waals surface area contributed by atoms with Gasteiger partial charge in [0.2, 0.25) is 12.4 Å². The van der Waals surface area contributed by atoms with Crippen molar-refractivity contribution in [3.05, 3.63) is 56.6 Å². The molecule has 3 aromatic rings. The Hall–Kier alpha value is -2.71. The van der Waals surface area contributed by atoms with Crippen molar-refractivity contribution in [2.24, 2.45) is 0 Å². The van der Waals surface area contributed by atoms with Crippen LogP contribution < -0.4 is 16.2 Å². The van der Waals surface area contributed by atoms with Gasteiger partial charge in [-0.2, -0.15) is 4.98 Å². The van der Waals surface area contributed by atoms with Crippen LogP contribution in [-0.2, 0) is 17.9 Å². The van der Waals surface area contributed by atoms with Crippen molar-refractivity contribution in [2.45, 2.75) is 13.1 Å². The fraction of sp³-hybridized carbons (Fsp3) is 0.188. The molecule has 134 valence electrons. The van der Waals surface area contributed by atoms with Crippen LogP contribution in [0, 0.1) is 0 Å². The minimum Gasteiger partial charge on any atom is -0.357 e. The minimum absolute atomic E-state index is 0.278. The quantitative estimate of drug-likeness (QED) is 0.469. The minimum atomic E-state index is -0.306. The summed E-state index contributed by atoms with van der Waals surface area (Å²) in [4.78, 5) is 35.1. The van der Waals surface area contributed by atoms with Gasteiger partial charge < -0.3 is 10.6 Å². The highest BCUT2D eigenvalue weighted by Gasteiger charge is 2.08. The maximum absolute atomic E-state index is 12.1.